The van der Waals surface area contributed by atoms with E-state index in [4.69, 9.17) is 9.47 Å². The number of rotatable bonds is 3. The number of benzene rings is 1. The minimum atomic E-state index is 0.182. The Kier molecular flexibility index (Phi) is 2.82. The molecule has 15 heavy (non-hydrogen) atoms. The van der Waals surface area contributed by atoms with Crippen LogP contribution in [0.3, 0.4) is 0 Å². The molecule has 1 aliphatic rings. The van der Waals surface area contributed by atoms with Gasteiger partial charge in [-0.05, 0) is 39.1 Å². The summed E-state index contributed by atoms with van der Waals surface area (Å²) in [5, 5.41) is 3.26. The smallest absolute Gasteiger partial charge is 0.125 e. The Morgan fingerprint density at radius 2 is 2.27 bits per heavy atom. The van der Waals surface area contributed by atoms with Crippen molar-refractivity contribution in [3.05, 3.63) is 23.8 Å². The van der Waals surface area contributed by atoms with E-state index >= 15 is 0 Å². The summed E-state index contributed by atoms with van der Waals surface area (Å²) in [6.07, 6.45) is 0.182. The maximum Gasteiger partial charge on any atom is 0.125 e. The highest BCUT2D eigenvalue weighted by Gasteiger charge is 2.30. The van der Waals surface area contributed by atoms with Crippen LogP contribution < -0.4 is 14.8 Å². The highest BCUT2D eigenvalue weighted by molar-refractivity contribution is 5.45. The molecule has 1 aromatic rings. The van der Waals surface area contributed by atoms with E-state index in [1.54, 1.807) is 0 Å². The van der Waals surface area contributed by atoms with Crippen LogP contribution in [0.2, 0.25) is 0 Å². The maximum atomic E-state index is 5.73. The molecule has 0 spiro atoms. The van der Waals surface area contributed by atoms with E-state index < -0.39 is 0 Å². The van der Waals surface area contributed by atoms with Crippen molar-refractivity contribution in [1.29, 1.82) is 0 Å². The minimum absolute atomic E-state index is 0.182. The molecule has 0 bridgehead atoms. The Balaban J connectivity index is 2.31. The molecule has 0 aromatic heterocycles. The van der Waals surface area contributed by atoms with E-state index in [2.05, 4.69) is 18.3 Å². The van der Waals surface area contributed by atoms with Crippen LogP contribution in [-0.4, -0.2) is 19.8 Å². The van der Waals surface area contributed by atoms with Gasteiger partial charge < -0.3 is 14.8 Å². The molecule has 1 aromatic carbocycles. The van der Waals surface area contributed by atoms with Crippen LogP contribution in [-0.2, 0) is 0 Å². The normalized spacial score (nSPS) is 23.4. The Labute approximate surface area is 90.4 Å². The molecule has 1 N–H and O–H groups in total. The van der Waals surface area contributed by atoms with Gasteiger partial charge in [0, 0.05) is 5.56 Å². The lowest BCUT2D eigenvalue weighted by atomic mass is 10.0. The molecule has 0 aliphatic carbocycles. The van der Waals surface area contributed by atoms with Crippen molar-refractivity contribution in [2.45, 2.75) is 26.0 Å². The van der Waals surface area contributed by atoms with Crippen molar-refractivity contribution >= 4 is 0 Å². The van der Waals surface area contributed by atoms with Gasteiger partial charge in [0.1, 0.15) is 17.6 Å². The monoisotopic (exact) mass is 207 g/mol. The first kappa shape index (κ1) is 10.3. The number of fused-ring (bicyclic) bond motifs is 1. The molecule has 2 rings (SSSR count). The lowest BCUT2D eigenvalue weighted by molar-refractivity contribution is 0.214. The van der Waals surface area contributed by atoms with Gasteiger partial charge in [-0.2, -0.15) is 0 Å². The molecule has 0 saturated carbocycles. The molecule has 82 valence electrons. The molecule has 2 unspecified atom stereocenters. The quantitative estimate of drug-likeness (QED) is 0.823. The van der Waals surface area contributed by atoms with Crippen molar-refractivity contribution in [3.8, 4) is 11.5 Å². The fraction of sp³-hybridized carbons (Fsp3) is 0.500. The van der Waals surface area contributed by atoms with E-state index in [9.17, 15) is 0 Å². The fourth-order valence-corrected chi connectivity index (χ4v) is 2.04. The van der Waals surface area contributed by atoms with E-state index in [1.807, 2.05) is 26.1 Å². The average molecular weight is 207 g/mol. The SMILES string of the molecule is CCOc1ccc2c(c1)C(NC)C(C)O2. The zero-order chi connectivity index (χ0) is 10.8. The summed E-state index contributed by atoms with van der Waals surface area (Å²) in [5.74, 6) is 1.87. The van der Waals surface area contributed by atoms with Crippen LogP contribution in [0.4, 0.5) is 0 Å². The average Bonchev–Trinajstić information content (AvgIpc) is 2.53. The molecule has 1 aliphatic heterocycles. The predicted octanol–water partition coefficient (Wildman–Crippen LogP) is 2.13. The Bertz CT molecular complexity index is 351. The van der Waals surface area contributed by atoms with Gasteiger partial charge in [-0.3, -0.25) is 0 Å². The molecule has 3 heteroatoms. The van der Waals surface area contributed by atoms with Gasteiger partial charge >= 0.3 is 0 Å². The van der Waals surface area contributed by atoms with Crippen LogP contribution in [0.25, 0.3) is 0 Å². The van der Waals surface area contributed by atoms with Crippen LogP contribution in [0.1, 0.15) is 25.5 Å². The lowest BCUT2D eigenvalue weighted by Gasteiger charge is -2.13. The van der Waals surface area contributed by atoms with Crippen LogP contribution in [0.5, 0.6) is 11.5 Å². The molecule has 0 fully saturated rings. The van der Waals surface area contributed by atoms with Crippen LogP contribution in [0.15, 0.2) is 18.2 Å². The third kappa shape index (κ3) is 1.79. The Hall–Kier alpha value is -1.22. The zero-order valence-corrected chi connectivity index (χ0v) is 9.41. The summed E-state index contributed by atoms with van der Waals surface area (Å²) in [6, 6.07) is 6.26. The standard InChI is InChI=1S/C12H17NO2/c1-4-14-9-5-6-11-10(7-9)12(13-3)8(2)15-11/h5-8,12-13H,4H2,1-3H3. The van der Waals surface area contributed by atoms with Gasteiger partial charge in [-0.25, -0.2) is 0 Å². The molecule has 0 radical (unpaired) electrons. The largest absolute Gasteiger partial charge is 0.494 e. The van der Waals surface area contributed by atoms with Gasteiger partial charge in [-0.15, -0.1) is 0 Å². The molecule has 3 nitrogen and oxygen atoms in total. The lowest BCUT2D eigenvalue weighted by Crippen LogP contribution is -2.25. The van der Waals surface area contributed by atoms with Gasteiger partial charge in [0.05, 0.1) is 12.6 Å². The van der Waals surface area contributed by atoms with Crippen molar-refractivity contribution in [1.82, 2.24) is 5.32 Å². The van der Waals surface area contributed by atoms with Crippen molar-refractivity contribution in [2.75, 3.05) is 13.7 Å². The minimum Gasteiger partial charge on any atom is -0.494 e. The van der Waals surface area contributed by atoms with E-state index in [0.717, 1.165) is 11.5 Å². The van der Waals surface area contributed by atoms with E-state index in [0.29, 0.717) is 6.61 Å². The number of hydrogen-bond acceptors (Lipinski definition) is 3. The number of likely N-dealkylation sites (N-methyl/N-ethyl adjacent to an activating group) is 1. The number of hydrogen-bond donors (Lipinski definition) is 1. The molecule has 2 atom stereocenters. The third-order valence-corrected chi connectivity index (χ3v) is 2.72. The summed E-state index contributed by atoms with van der Waals surface area (Å²) in [6.45, 7) is 4.75. The van der Waals surface area contributed by atoms with Gasteiger partial charge in [0.25, 0.3) is 0 Å². The van der Waals surface area contributed by atoms with Crippen molar-refractivity contribution < 1.29 is 9.47 Å². The van der Waals surface area contributed by atoms with Crippen molar-refractivity contribution in [3.63, 3.8) is 0 Å². The first-order chi connectivity index (χ1) is 7.26. The van der Waals surface area contributed by atoms with E-state index in [-0.39, 0.29) is 12.1 Å². The predicted molar refractivity (Wildman–Crippen MR) is 59.5 cm³/mol. The topological polar surface area (TPSA) is 30.5 Å². The second-order valence-corrected chi connectivity index (χ2v) is 3.72. The summed E-state index contributed by atoms with van der Waals surface area (Å²) < 4.78 is 11.2. The second-order valence-electron chi connectivity index (χ2n) is 3.72. The molecule has 1 heterocycles. The molecule has 0 amide bonds. The zero-order valence-electron chi connectivity index (χ0n) is 9.41. The maximum absolute atomic E-state index is 5.73. The fourth-order valence-electron chi connectivity index (χ4n) is 2.04. The van der Waals surface area contributed by atoms with Crippen LogP contribution in [0, 0.1) is 0 Å². The van der Waals surface area contributed by atoms with Crippen LogP contribution >= 0.6 is 0 Å². The third-order valence-electron chi connectivity index (χ3n) is 2.72. The first-order valence-electron chi connectivity index (χ1n) is 5.37. The highest BCUT2D eigenvalue weighted by atomic mass is 16.5. The summed E-state index contributed by atoms with van der Waals surface area (Å²) in [7, 11) is 1.95. The highest BCUT2D eigenvalue weighted by Crippen LogP contribution is 2.38. The number of ether oxygens (including phenoxy) is 2. The Morgan fingerprint density at radius 1 is 1.47 bits per heavy atom. The first-order valence-corrected chi connectivity index (χ1v) is 5.37. The molecular weight excluding hydrogens is 190 g/mol. The summed E-state index contributed by atoms with van der Waals surface area (Å²) in [4.78, 5) is 0. The second kappa shape index (κ2) is 4.11. The van der Waals surface area contributed by atoms with Gasteiger partial charge in [0.15, 0.2) is 0 Å². The summed E-state index contributed by atoms with van der Waals surface area (Å²) in [5.41, 5.74) is 1.19. The molecule has 0 saturated heterocycles. The van der Waals surface area contributed by atoms with Gasteiger partial charge in [0.2, 0.25) is 0 Å². The van der Waals surface area contributed by atoms with Crippen molar-refractivity contribution in [2.24, 2.45) is 0 Å². The van der Waals surface area contributed by atoms with Gasteiger partial charge in [-0.1, -0.05) is 0 Å². The Morgan fingerprint density at radius 3 is 2.93 bits per heavy atom. The van der Waals surface area contributed by atoms with E-state index in [1.165, 1.54) is 5.56 Å². The molecular formula is C12H17NO2. The summed E-state index contributed by atoms with van der Waals surface area (Å²) >= 11 is 0. The number of nitrogens with one attached hydrogen (secondary N) is 1.